The lowest BCUT2D eigenvalue weighted by Crippen LogP contribution is -2.37. The number of nitrogens with zero attached hydrogens (tertiary/aromatic N) is 2. The molecule has 0 spiro atoms. The summed E-state index contributed by atoms with van der Waals surface area (Å²) in [7, 11) is 0. The quantitative estimate of drug-likeness (QED) is 0.515. The first kappa shape index (κ1) is 19.9. The van der Waals surface area contributed by atoms with E-state index < -0.39 is 0 Å². The van der Waals surface area contributed by atoms with E-state index in [4.69, 9.17) is 0 Å². The molecule has 0 aliphatic heterocycles. The highest BCUT2D eigenvalue weighted by atomic mass is 32.2. The Morgan fingerprint density at radius 3 is 2.24 bits per heavy atom. The third-order valence-corrected chi connectivity index (χ3v) is 6.72. The number of hydrogen-bond donors (Lipinski definition) is 1. The third-order valence-electron chi connectivity index (χ3n) is 3.53. The number of benzene rings is 1. The average molecular weight is 396 g/mol. The minimum atomic E-state index is -0.00476. The van der Waals surface area contributed by atoms with Crippen LogP contribution in [0.4, 0.5) is 0 Å². The summed E-state index contributed by atoms with van der Waals surface area (Å²) in [5, 5.41) is 11.1. The van der Waals surface area contributed by atoms with Gasteiger partial charge in [0.1, 0.15) is 0 Å². The van der Waals surface area contributed by atoms with Crippen LogP contribution in [0.15, 0.2) is 39.0 Å². The number of rotatable bonds is 9. The molecule has 0 unspecified atom stereocenters. The van der Waals surface area contributed by atoms with Gasteiger partial charge in [-0.05, 0) is 12.8 Å². The molecule has 0 bridgehead atoms. The van der Waals surface area contributed by atoms with E-state index in [1.165, 1.54) is 34.9 Å². The predicted molar refractivity (Wildman–Crippen MR) is 105 cm³/mol. The summed E-state index contributed by atoms with van der Waals surface area (Å²) in [6.45, 7) is 6.14. The second kappa shape index (κ2) is 9.94. The second-order valence-electron chi connectivity index (χ2n) is 5.80. The molecule has 0 saturated carbocycles. The van der Waals surface area contributed by atoms with Crippen LogP contribution in [0.2, 0.25) is 0 Å². The number of aromatic nitrogens is 2. The average Bonchev–Trinajstić information content (AvgIpc) is 3.06. The van der Waals surface area contributed by atoms with Crippen molar-refractivity contribution in [1.82, 2.24) is 15.5 Å². The number of Topliss-reactive ketones (excluding diaryl/α,β-unsaturated/α-hetero) is 1. The van der Waals surface area contributed by atoms with Crippen LogP contribution < -0.4 is 5.32 Å². The number of thioether (sulfide) groups is 2. The molecule has 0 aliphatic carbocycles. The number of carbonyl (C=O) groups is 2. The van der Waals surface area contributed by atoms with Crippen molar-refractivity contribution in [3.8, 4) is 0 Å². The van der Waals surface area contributed by atoms with Crippen molar-refractivity contribution in [2.75, 3.05) is 11.5 Å². The van der Waals surface area contributed by atoms with Gasteiger partial charge in [0, 0.05) is 11.6 Å². The number of carbonyl (C=O) groups excluding carboxylic acids is 2. The van der Waals surface area contributed by atoms with Gasteiger partial charge >= 0.3 is 0 Å². The zero-order chi connectivity index (χ0) is 18.2. The highest BCUT2D eigenvalue weighted by Gasteiger charge is 2.13. The predicted octanol–water partition coefficient (Wildman–Crippen LogP) is 3.77. The number of amides is 1. The molecule has 0 fully saturated rings. The van der Waals surface area contributed by atoms with Crippen molar-refractivity contribution in [3.05, 3.63) is 35.9 Å². The van der Waals surface area contributed by atoms with E-state index >= 15 is 0 Å². The molecule has 1 aromatic carbocycles. The Balaban J connectivity index is 1.76. The van der Waals surface area contributed by atoms with Gasteiger partial charge in [0.25, 0.3) is 0 Å². The monoisotopic (exact) mass is 395 g/mol. The van der Waals surface area contributed by atoms with E-state index in [0.29, 0.717) is 23.0 Å². The van der Waals surface area contributed by atoms with E-state index in [1.807, 2.05) is 25.1 Å². The Morgan fingerprint density at radius 1 is 1.04 bits per heavy atom. The van der Waals surface area contributed by atoms with Crippen LogP contribution in [0.3, 0.4) is 0 Å². The first-order valence-electron chi connectivity index (χ1n) is 7.92. The van der Waals surface area contributed by atoms with Crippen LogP contribution >= 0.6 is 34.9 Å². The molecule has 0 radical (unpaired) electrons. The summed E-state index contributed by atoms with van der Waals surface area (Å²) in [6, 6.07) is 9.35. The maximum absolute atomic E-state index is 12.1. The summed E-state index contributed by atoms with van der Waals surface area (Å²) in [6.07, 6.45) is 0. The first-order valence-corrected chi connectivity index (χ1v) is 10.7. The summed E-state index contributed by atoms with van der Waals surface area (Å²) in [4.78, 5) is 24.0. The van der Waals surface area contributed by atoms with Gasteiger partial charge in [0.05, 0.1) is 11.5 Å². The molecule has 0 aliphatic rings. The van der Waals surface area contributed by atoms with Crippen molar-refractivity contribution in [3.63, 3.8) is 0 Å². The first-order chi connectivity index (χ1) is 12.0. The molecule has 5 nitrogen and oxygen atoms in total. The SMILES string of the molecule is CC(C)[C@@H](C)NC(=O)CSc1nnc(SCC(=O)c2ccccc2)s1. The zero-order valence-corrected chi connectivity index (χ0v) is 16.8. The lowest BCUT2D eigenvalue weighted by Gasteiger charge is -2.16. The maximum Gasteiger partial charge on any atom is 0.230 e. The Labute approximate surface area is 160 Å². The van der Waals surface area contributed by atoms with Crippen LogP contribution in [0.25, 0.3) is 0 Å². The normalized spacial score (nSPS) is 12.2. The van der Waals surface area contributed by atoms with Gasteiger partial charge in [-0.1, -0.05) is 79.0 Å². The number of ketones is 1. The third kappa shape index (κ3) is 6.80. The summed E-state index contributed by atoms with van der Waals surface area (Å²) < 4.78 is 1.48. The van der Waals surface area contributed by atoms with Gasteiger partial charge in [-0.2, -0.15) is 0 Å². The Bertz CT molecular complexity index is 704. The van der Waals surface area contributed by atoms with E-state index in [-0.39, 0.29) is 17.7 Å². The Morgan fingerprint density at radius 2 is 1.64 bits per heavy atom. The summed E-state index contributed by atoms with van der Waals surface area (Å²) >= 11 is 4.15. The van der Waals surface area contributed by atoms with E-state index in [9.17, 15) is 9.59 Å². The van der Waals surface area contributed by atoms with Crippen molar-refractivity contribution < 1.29 is 9.59 Å². The standard InChI is InChI=1S/C17H21N3O2S3/c1-11(2)12(3)18-15(22)10-24-17-20-19-16(25-17)23-9-14(21)13-7-5-4-6-8-13/h4-8,11-12H,9-10H2,1-3H3,(H,18,22)/t12-/m1/s1. The summed E-state index contributed by atoms with van der Waals surface area (Å²) in [5.74, 6) is 1.11. The van der Waals surface area contributed by atoms with Crippen molar-refractivity contribution >= 4 is 46.6 Å². The lowest BCUT2D eigenvalue weighted by molar-refractivity contribution is -0.119. The highest BCUT2D eigenvalue weighted by Crippen LogP contribution is 2.29. The molecular weight excluding hydrogens is 374 g/mol. The van der Waals surface area contributed by atoms with E-state index in [1.54, 1.807) is 12.1 Å². The van der Waals surface area contributed by atoms with Crippen molar-refractivity contribution in [2.24, 2.45) is 5.92 Å². The van der Waals surface area contributed by atoms with E-state index in [0.717, 1.165) is 8.68 Å². The number of nitrogens with one attached hydrogen (secondary N) is 1. The molecule has 0 saturated heterocycles. The van der Waals surface area contributed by atoms with E-state index in [2.05, 4.69) is 29.4 Å². The van der Waals surface area contributed by atoms with Crippen LogP contribution in [-0.4, -0.2) is 39.4 Å². The largest absolute Gasteiger partial charge is 0.353 e. The zero-order valence-electron chi connectivity index (χ0n) is 14.4. The fraction of sp³-hybridized carbons (Fsp3) is 0.412. The van der Waals surface area contributed by atoms with Gasteiger partial charge in [-0.3, -0.25) is 9.59 Å². The van der Waals surface area contributed by atoms with Crippen LogP contribution in [0, 0.1) is 5.92 Å². The molecule has 8 heteroatoms. The Kier molecular flexibility index (Phi) is 7.92. The van der Waals surface area contributed by atoms with Gasteiger partial charge < -0.3 is 5.32 Å². The molecule has 1 aromatic heterocycles. The molecule has 134 valence electrons. The van der Waals surface area contributed by atoms with Gasteiger partial charge in [-0.25, -0.2) is 0 Å². The highest BCUT2D eigenvalue weighted by molar-refractivity contribution is 8.03. The summed E-state index contributed by atoms with van der Waals surface area (Å²) in [5.41, 5.74) is 0.699. The van der Waals surface area contributed by atoms with Crippen LogP contribution in [0.1, 0.15) is 31.1 Å². The molecule has 1 atom stereocenters. The molecular formula is C17H21N3O2S3. The van der Waals surface area contributed by atoms with Gasteiger partial charge in [0.2, 0.25) is 5.91 Å². The Hall–Kier alpha value is -1.38. The lowest BCUT2D eigenvalue weighted by atomic mass is 10.1. The minimum absolute atomic E-state index is 0.00476. The molecule has 1 heterocycles. The van der Waals surface area contributed by atoms with Gasteiger partial charge in [0.15, 0.2) is 14.5 Å². The van der Waals surface area contributed by atoms with Crippen molar-refractivity contribution in [2.45, 2.75) is 35.5 Å². The van der Waals surface area contributed by atoms with Crippen molar-refractivity contribution in [1.29, 1.82) is 0 Å². The van der Waals surface area contributed by atoms with Gasteiger partial charge in [-0.15, -0.1) is 10.2 Å². The molecule has 2 rings (SSSR count). The number of hydrogen-bond acceptors (Lipinski definition) is 7. The minimum Gasteiger partial charge on any atom is -0.353 e. The second-order valence-corrected chi connectivity index (χ2v) is 9.22. The van der Waals surface area contributed by atoms with Crippen LogP contribution in [-0.2, 0) is 4.79 Å². The van der Waals surface area contributed by atoms with Crippen LogP contribution in [0.5, 0.6) is 0 Å². The smallest absolute Gasteiger partial charge is 0.230 e. The molecule has 2 aromatic rings. The maximum atomic E-state index is 12.1. The topological polar surface area (TPSA) is 72.0 Å². The fourth-order valence-electron chi connectivity index (χ4n) is 1.74. The fourth-order valence-corrected chi connectivity index (χ4v) is 4.46. The molecule has 1 amide bonds. The molecule has 1 N–H and O–H groups in total. The molecule has 25 heavy (non-hydrogen) atoms.